The summed E-state index contributed by atoms with van der Waals surface area (Å²) in [4.78, 5) is 0. The van der Waals surface area contributed by atoms with Gasteiger partial charge in [-0.15, -0.1) is 0 Å². The first-order valence-electron chi connectivity index (χ1n) is 19.7. The molecule has 0 saturated carbocycles. The standard InChI is InChI=1S/C56H32O/c1-4-15-41-33(10-1)22-27-49-55-51(47-25-23-36-21-20-34-12-9-13-35-24-26-48(47)54(36)53(34)35)31-38(32-52(55)57-56(41)49)40-28-29-46(44-18-7-5-17-43(40)44)50-30-37-11-2-3-14-39(37)42-16-6-8-19-45(42)50/h1-32H. The van der Waals surface area contributed by atoms with E-state index in [9.17, 15) is 0 Å². The van der Waals surface area contributed by atoms with E-state index in [2.05, 4.69) is 194 Å². The Labute approximate surface area is 328 Å². The van der Waals surface area contributed by atoms with E-state index in [0.717, 1.165) is 32.9 Å². The molecular weight excluding hydrogens is 689 g/mol. The van der Waals surface area contributed by atoms with Crippen LogP contribution in [0.1, 0.15) is 0 Å². The van der Waals surface area contributed by atoms with Gasteiger partial charge in [-0.3, -0.25) is 0 Å². The maximum absolute atomic E-state index is 7.01. The summed E-state index contributed by atoms with van der Waals surface area (Å²) in [5, 5.41) is 19.8. The molecule has 1 aromatic heterocycles. The largest absolute Gasteiger partial charge is 0.455 e. The van der Waals surface area contributed by atoms with Crippen LogP contribution in [0.5, 0.6) is 0 Å². The molecule has 13 rings (SSSR count). The predicted molar refractivity (Wildman–Crippen MR) is 244 cm³/mol. The molecule has 0 unspecified atom stereocenters. The maximum Gasteiger partial charge on any atom is 0.143 e. The van der Waals surface area contributed by atoms with Crippen molar-refractivity contribution in [3.8, 4) is 33.4 Å². The summed E-state index contributed by atoms with van der Waals surface area (Å²) in [5.74, 6) is 0. The van der Waals surface area contributed by atoms with Crippen molar-refractivity contribution in [1.29, 1.82) is 0 Å². The van der Waals surface area contributed by atoms with Gasteiger partial charge < -0.3 is 4.42 Å². The molecule has 0 radical (unpaired) electrons. The van der Waals surface area contributed by atoms with Crippen molar-refractivity contribution >= 4 is 97.3 Å². The molecule has 13 aromatic rings. The molecule has 0 spiro atoms. The monoisotopic (exact) mass is 720 g/mol. The molecule has 1 nitrogen and oxygen atoms in total. The average Bonchev–Trinajstić information content (AvgIpc) is 3.67. The van der Waals surface area contributed by atoms with Gasteiger partial charge in [-0.1, -0.05) is 170 Å². The normalized spacial score (nSPS) is 12.2. The lowest BCUT2D eigenvalue weighted by atomic mass is 9.86. The number of hydrogen-bond donors (Lipinski definition) is 0. The zero-order valence-electron chi connectivity index (χ0n) is 30.9. The van der Waals surface area contributed by atoms with Crippen LogP contribution in [0.4, 0.5) is 0 Å². The number of benzene rings is 12. The fourth-order valence-corrected chi connectivity index (χ4v) is 10.0. The quantitative estimate of drug-likeness (QED) is 0.166. The summed E-state index contributed by atoms with van der Waals surface area (Å²) in [6.07, 6.45) is 0. The zero-order chi connectivity index (χ0) is 37.2. The molecule has 0 aliphatic rings. The predicted octanol–water partition coefficient (Wildman–Crippen LogP) is 16.1. The Morgan fingerprint density at radius 2 is 0.772 bits per heavy atom. The van der Waals surface area contributed by atoms with Crippen LogP contribution in [0.15, 0.2) is 199 Å². The van der Waals surface area contributed by atoms with Gasteiger partial charge in [-0.2, -0.15) is 0 Å². The van der Waals surface area contributed by atoms with Crippen LogP contribution >= 0.6 is 0 Å². The molecule has 0 aliphatic heterocycles. The minimum absolute atomic E-state index is 0.897. The molecule has 0 aliphatic carbocycles. The van der Waals surface area contributed by atoms with E-state index in [1.165, 1.54) is 97.8 Å². The topological polar surface area (TPSA) is 13.1 Å². The summed E-state index contributed by atoms with van der Waals surface area (Å²) < 4.78 is 7.01. The fraction of sp³-hybridized carbons (Fsp3) is 0. The molecule has 0 bridgehead atoms. The van der Waals surface area contributed by atoms with Gasteiger partial charge in [0, 0.05) is 16.2 Å². The highest BCUT2D eigenvalue weighted by atomic mass is 16.3. The summed E-state index contributed by atoms with van der Waals surface area (Å²) in [5.41, 5.74) is 9.04. The van der Waals surface area contributed by atoms with Crippen molar-refractivity contribution in [2.45, 2.75) is 0 Å². The van der Waals surface area contributed by atoms with Crippen LogP contribution in [0.2, 0.25) is 0 Å². The highest BCUT2D eigenvalue weighted by Crippen LogP contribution is 2.48. The van der Waals surface area contributed by atoms with Crippen LogP contribution in [0.25, 0.3) is 131 Å². The summed E-state index contributed by atoms with van der Waals surface area (Å²) in [6, 6.07) is 71.6. The van der Waals surface area contributed by atoms with E-state index < -0.39 is 0 Å². The van der Waals surface area contributed by atoms with Crippen molar-refractivity contribution < 1.29 is 4.42 Å². The second kappa shape index (κ2) is 11.5. The average molecular weight is 721 g/mol. The molecule has 262 valence electrons. The molecule has 1 heterocycles. The Morgan fingerprint density at radius 1 is 0.246 bits per heavy atom. The molecular formula is C56H32O. The summed E-state index contributed by atoms with van der Waals surface area (Å²) in [6.45, 7) is 0. The molecule has 0 saturated heterocycles. The van der Waals surface area contributed by atoms with E-state index in [1.807, 2.05) is 0 Å². The van der Waals surface area contributed by atoms with Crippen LogP contribution in [0.3, 0.4) is 0 Å². The van der Waals surface area contributed by atoms with Crippen LogP contribution in [-0.4, -0.2) is 0 Å². The first kappa shape index (κ1) is 30.8. The molecule has 57 heavy (non-hydrogen) atoms. The Kier molecular flexibility index (Phi) is 6.23. The number of furan rings is 1. The minimum Gasteiger partial charge on any atom is -0.455 e. The van der Waals surface area contributed by atoms with Gasteiger partial charge in [-0.25, -0.2) is 0 Å². The lowest BCUT2D eigenvalue weighted by Gasteiger charge is -2.17. The first-order chi connectivity index (χ1) is 28.3. The molecule has 1 heteroatoms. The summed E-state index contributed by atoms with van der Waals surface area (Å²) in [7, 11) is 0. The van der Waals surface area contributed by atoms with Crippen molar-refractivity contribution in [3.05, 3.63) is 194 Å². The zero-order valence-corrected chi connectivity index (χ0v) is 30.9. The molecule has 0 N–H and O–H groups in total. The van der Waals surface area contributed by atoms with E-state index in [4.69, 9.17) is 4.42 Å². The third-order valence-electron chi connectivity index (χ3n) is 12.6. The van der Waals surface area contributed by atoms with Gasteiger partial charge in [0.15, 0.2) is 0 Å². The van der Waals surface area contributed by atoms with Gasteiger partial charge in [-0.05, 0) is 128 Å². The SMILES string of the molecule is c1ccc2c(c1)cc(-c1ccc(-c3cc(-c4ccc5ccc6cccc7ccc4c5c67)c4c(c3)oc3c5ccccc5ccc34)c3ccccc13)c1ccccc12. The van der Waals surface area contributed by atoms with Gasteiger partial charge in [0.1, 0.15) is 11.2 Å². The van der Waals surface area contributed by atoms with E-state index in [1.54, 1.807) is 0 Å². The van der Waals surface area contributed by atoms with Crippen LogP contribution < -0.4 is 0 Å². The highest BCUT2D eigenvalue weighted by molar-refractivity contribution is 6.28. The second-order valence-corrected chi connectivity index (χ2v) is 15.5. The van der Waals surface area contributed by atoms with E-state index in [-0.39, 0.29) is 0 Å². The first-order valence-corrected chi connectivity index (χ1v) is 19.7. The number of rotatable bonds is 3. The Bertz CT molecular complexity index is 3790. The molecule has 0 atom stereocenters. The fourth-order valence-electron chi connectivity index (χ4n) is 10.0. The smallest absolute Gasteiger partial charge is 0.143 e. The Morgan fingerprint density at radius 3 is 1.58 bits per heavy atom. The minimum atomic E-state index is 0.897. The van der Waals surface area contributed by atoms with Crippen molar-refractivity contribution in [2.24, 2.45) is 0 Å². The van der Waals surface area contributed by atoms with Crippen LogP contribution in [-0.2, 0) is 0 Å². The van der Waals surface area contributed by atoms with E-state index >= 15 is 0 Å². The van der Waals surface area contributed by atoms with Crippen molar-refractivity contribution in [3.63, 3.8) is 0 Å². The molecule has 0 amide bonds. The molecule has 12 aromatic carbocycles. The third-order valence-corrected chi connectivity index (χ3v) is 12.6. The van der Waals surface area contributed by atoms with E-state index in [0.29, 0.717) is 0 Å². The molecule has 0 fully saturated rings. The summed E-state index contributed by atoms with van der Waals surface area (Å²) >= 11 is 0. The van der Waals surface area contributed by atoms with Gasteiger partial charge >= 0.3 is 0 Å². The Hall–Kier alpha value is -7.48. The van der Waals surface area contributed by atoms with Crippen molar-refractivity contribution in [2.75, 3.05) is 0 Å². The highest BCUT2D eigenvalue weighted by Gasteiger charge is 2.21. The second-order valence-electron chi connectivity index (χ2n) is 15.5. The lowest BCUT2D eigenvalue weighted by Crippen LogP contribution is -1.91. The Balaban J connectivity index is 1.12. The van der Waals surface area contributed by atoms with Gasteiger partial charge in [0.05, 0.1) is 0 Å². The van der Waals surface area contributed by atoms with Gasteiger partial charge in [0.2, 0.25) is 0 Å². The maximum atomic E-state index is 7.01. The number of fused-ring (bicyclic) bond motifs is 9. The van der Waals surface area contributed by atoms with Crippen LogP contribution in [0, 0.1) is 0 Å². The van der Waals surface area contributed by atoms with Crippen molar-refractivity contribution in [1.82, 2.24) is 0 Å². The number of hydrogen-bond acceptors (Lipinski definition) is 1. The van der Waals surface area contributed by atoms with Gasteiger partial charge in [0.25, 0.3) is 0 Å². The lowest BCUT2D eigenvalue weighted by molar-refractivity contribution is 0.673. The third kappa shape index (κ3) is 4.34.